The zero-order valence-electron chi connectivity index (χ0n) is 13.0. The summed E-state index contributed by atoms with van der Waals surface area (Å²) >= 11 is 0. The summed E-state index contributed by atoms with van der Waals surface area (Å²) in [5, 5.41) is 3.55. The number of benzene rings is 1. The molecule has 1 fully saturated rings. The minimum atomic E-state index is 0.505. The molecule has 0 atom stereocenters. The van der Waals surface area contributed by atoms with Gasteiger partial charge in [-0.25, -0.2) is 4.98 Å². The second-order valence-electron chi connectivity index (χ2n) is 5.96. The van der Waals surface area contributed by atoms with Gasteiger partial charge in [-0.3, -0.25) is 0 Å². The summed E-state index contributed by atoms with van der Waals surface area (Å²) in [6.07, 6.45) is 6.38. The Labute approximate surface area is 126 Å². The Morgan fingerprint density at radius 1 is 1.29 bits per heavy atom. The molecule has 4 nitrogen and oxygen atoms in total. The Morgan fingerprint density at radius 2 is 2.00 bits per heavy atom. The highest BCUT2D eigenvalue weighted by Gasteiger charge is 2.20. The molecular weight excluding hydrogens is 262 g/mol. The molecule has 0 radical (unpaired) electrons. The molecule has 1 saturated carbocycles. The maximum Gasteiger partial charge on any atom is 0.146 e. The number of rotatable bonds is 6. The summed E-state index contributed by atoms with van der Waals surface area (Å²) in [6.45, 7) is 5.68. The monoisotopic (exact) mass is 285 g/mol. The van der Waals surface area contributed by atoms with Crippen molar-refractivity contribution in [3.63, 3.8) is 0 Å². The van der Waals surface area contributed by atoms with E-state index in [1.165, 1.54) is 29.5 Å². The van der Waals surface area contributed by atoms with Crippen molar-refractivity contribution in [2.75, 3.05) is 0 Å². The highest BCUT2D eigenvalue weighted by molar-refractivity contribution is 5.43. The van der Waals surface area contributed by atoms with Gasteiger partial charge in [0.2, 0.25) is 0 Å². The first-order valence-electron chi connectivity index (χ1n) is 7.56. The lowest BCUT2D eigenvalue weighted by Crippen LogP contribution is -2.15. The Balaban J connectivity index is 1.68. The van der Waals surface area contributed by atoms with Gasteiger partial charge in [0.15, 0.2) is 0 Å². The Kier molecular flexibility index (Phi) is 3.97. The van der Waals surface area contributed by atoms with Crippen molar-refractivity contribution in [1.82, 2.24) is 14.9 Å². The van der Waals surface area contributed by atoms with E-state index >= 15 is 0 Å². The molecule has 1 aliphatic rings. The van der Waals surface area contributed by atoms with Crippen LogP contribution in [0.5, 0.6) is 5.75 Å². The predicted molar refractivity (Wildman–Crippen MR) is 83.3 cm³/mol. The summed E-state index contributed by atoms with van der Waals surface area (Å²) in [7, 11) is 1.98. The Bertz CT molecular complexity index is 606. The lowest BCUT2D eigenvalue weighted by molar-refractivity contribution is 0.288. The van der Waals surface area contributed by atoms with Gasteiger partial charge < -0.3 is 14.6 Å². The molecule has 112 valence electrons. The Morgan fingerprint density at radius 3 is 2.57 bits per heavy atom. The van der Waals surface area contributed by atoms with Gasteiger partial charge in [0.05, 0.1) is 0 Å². The van der Waals surface area contributed by atoms with Crippen LogP contribution >= 0.6 is 0 Å². The molecule has 1 heterocycles. The number of hydrogen-bond donors (Lipinski definition) is 1. The topological polar surface area (TPSA) is 39.1 Å². The molecule has 1 aliphatic carbocycles. The first kappa shape index (κ1) is 14.1. The van der Waals surface area contributed by atoms with Crippen molar-refractivity contribution in [2.45, 2.75) is 45.9 Å². The van der Waals surface area contributed by atoms with Crippen LogP contribution < -0.4 is 10.1 Å². The van der Waals surface area contributed by atoms with E-state index in [2.05, 4.69) is 36.3 Å². The molecule has 0 aliphatic heterocycles. The average Bonchev–Trinajstić information content (AvgIpc) is 3.18. The lowest BCUT2D eigenvalue weighted by atomic mass is 10.1. The van der Waals surface area contributed by atoms with Gasteiger partial charge in [-0.1, -0.05) is 12.1 Å². The van der Waals surface area contributed by atoms with Gasteiger partial charge in [0, 0.05) is 32.0 Å². The third-order valence-electron chi connectivity index (χ3n) is 3.96. The maximum absolute atomic E-state index is 5.98. The van der Waals surface area contributed by atoms with Gasteiger partial charge in [0.25, 0.3) is 0 Å². The fourth-order valence-electron chi connectivity index (χ4n) is 2.59. The van der Waals surface area contributed by atoms with E-state index in [9.17, 15) is 0 Å². The summed E-state index contributed by atoms with van der Waals surface area (Å²) in [5.74, 6) is 1.92. The van der Waals surface area contributed by atoms with Crippen molar-refractivity contribution in [2.24, 2.45) is 7.05 Å². The number of hydrogen-bond acceptors (Lipinski definition) is 3. The van der Waals surface area contributed by atoms with Crippen LogP contribution in [-0.2, 0) is 20.2 Å². The fraction of sp³-hybridized carbons (Fsp3) is 0.471. The van der Waals surface area contributed by atoms with Crippen LogP contribution in [0.2, 0.25) is 0 Å². The van der Waals surface area contributed by atoms with Crippen molar-refractivity contribution in [3.8, 4) is 5.75 Å². The van der Waals surface area contributed by atoms with E-state index in [-0.39, 0.29) is 0 Å². The highest BCUT2D eigenvalue weighted by Crippen LogP contribution is 2.26. The molecule has 3 rings (SSSR count). The van der Waals surface area contributed by atoms with Crippen LogP contribution in [0.25, 0.3) is 0 Å². The summed E-state index contributed by atoms with van der Waals surface area (Å²) in [5.41, 5.74) is 3.72. The lowest BCUT2D eigenvalue weighted by Gasteiger charge is -2.14. The van der Waals surface area contributed by atoms with Gasteiger partial charge in [-0.15, -0.1) is 0 Å². The van der Waals surface area contributed by atoms with Crippen LogP contribution in [0.3, 0.4) is 0 Å². The quantitative estimate of drug-likeness (QED) is 0.887. The Hall–Kier alpha value is -1.81. The zero-order valence-corrected chi connectivity index (χ0v) is 13.0. The van der Waals surface area contributed by atoms with E-state index in [0.717, 1.165) is 24.2 Å². The van der Waals surface area contributed by atoms with Crippen LogP contribution in [0, 0.1) is 13.8 Å². The maximum atomic E-state index is 5.98. The third kappa shape index (κ3) is 3.45. The normalized spacial score (nSPS) is 14.4. The molecule has 2 aromatic rings. The van der Waals surface area contributed by atoms with E-state index in [1.807, 2.05) is 17.8 Å². The van der Waals surface area contributed by atoms with E-state index in [0.29, 0.717) is 6.61 Å². The summed E-state index contributed by atoms with van der Waals surface area (Å²) in [6, 6.07) is 5.18. The van der Waals surface area contributed by atoms with Crippen molar-refractivity contribution < 1.29 is 4.74 Å². The van der Waals surface area contributed by atoms with Crippen molar-refractivity contribution >= 4 is 0 Å². The molecule has 0 saturated heterocycles. The number of aryl methyl sites for hydroxylation is 3. The molecule has 0 bridgehead atoms. The van der Waals surface area contributed by atoms with E-state index in [4.69, 9.17) is 4.74 Å². The van der Waals surface area contributed by atoms with Crippen LogP contribution in [-0.4, -0.2) is 15.6 Å². The first-order valence-corrected chi connectivity index (χ1v) is 7.56. The number of nitrogens with one attached hydrogen (secondary N) is 1. The number of nitrogens with zero attached hydrogens (tertiary/aromatic N) is 2. The van der Waals surface area contributed by atoms with Gasteiger partial charge in [-0.05, 0) is 43.4 Å². The number of imidazole rings is 1. The average molecular weight is 285 g/mol. The van der Waals surface area contributed by atoms with E-state index in [1.54, 1.807) is 6.20 Å². The zero-order chi connectivity index (χ0) is 14.8. The third-order valence-corrected chi connectivity index (χ3v) is 3.96. The fourth-order valence-corrected chi connectivity index (χ4v) is 2.59. The molecule has 0 amide bonds. The smallest absolute Gasteiger partial charge is 0.146 e. The minimum absolute atomic E-state index is 0.505. The molecule has 1 aromatic carbocycles. The van der Waals surface area contributed by atoms with Crippen molar-refractivity contribution in [3.05, 3.63) is 47.0 Å². The predicted octanol–water partition coefficient (Wildman–Crippen LogP) is 2.87. The van der Waals surface area contributed by atoms with Crippen molar-refractivity contribution in [1.29, 1.82) is 0 Å². The molecular formula is C17H23N3O. The first-order chi connectivity index (χ1) is 10.1. The van der Waals surface area contributed by atoms with Crippen LogP contribution in [0.1, 0.15) is 35.4 Å². The van der Waals surface area contributed by atoms with Crippen LogP contribution in [0.15, 0.2) is 24.5 Å². The molecule has 0 spiro atoms. The minimum Gasteiger partial charge on any atom is -0.485 e. The SMILES string of the molecule is Cc1cc(CNC2CC2)cc(C)c1OCc1nccn1C. The second kappa shape index (κ2) is 5.90. The molecule has 1 N–H and O–H groups in total. The number of aromatic nitrogens is 2. The highest BCUT2D eigenvalue weighted by atomic mass is 16.5. The van der Waals surface area contributed by atoms with Crippen LogP contribution in [0.4, 0.5) is 0 Å². The van der Waals surface area contributed by atoms with Gasteiger partial charge >= 0.3 is 0 Å². The second-order valence-corrected chi connectivity index (χ2v) is 5.96. The van der Waals surface area contributed by atoms with Gasteiger partial charge in [0.1, 0.15) is 18.2 Å². The standard InChI is InChI=1S/C17H23N3O/c1-12-8-14(10-19-15-4-5-15)9-13(2)17(12)21-11-16-18-6-7-20(16)3/h6-9,15,19H,4-5,10-11H2,1-3H3. The summed E-state index contributed by atoms with van der Waals surface area (Å²) in [4.78, 5) is 4.29. The molecule has 21 heavy (non-hydrogen) atoms. The summed E-state index contributed by atoms with van der Waals surface area (Å²) < 4.78 is 7.97. The largest absolute Gasteiger partial charge is 0.485 e. The molecule has 0 unspecified atom stereocenters. The number of ether oxygens (including phenoxy) is 1. The van der Waals surface area contributed by atoms with E-state index < -0.39 is 0 Å². The van der Waals surface area contributed by atoms with Gasteiger partial charge in [-0.2, -0.15) is 0 Å². The molecule has 1 aromatic heterocycles. The molecule has 4 heteroatoms.